The van der Waals surface area contributed by atoms with Gasteiger partial charge in [-0.05, 0) is 30.7 Å². The molecule has 0 aliphatic rings. The van der Waals surface area contributed by atoms with E-state index in [9.17, 15) is 0 Å². The van der Waals surface area contributed by atoms with E-state index >= 15 is 0 Å². The van der Waals surface area contributed by atoms with Crippen LogP contribution in [0.3, 0.4) is 0 Å². The molecular weight excluding hydrogens is 260 g/mol. The topological polar surface area (TPSA) is 49.7 Å². The lowest BCUT2D eigenvalue weighted by Crippen LogP contribution is -2.06. The first-order valence-corrected chi connectivity index (χ1v) is 7.36. The maximum atomic E-state index is 8.79. The molecule has 0 fully saturated rings. The molecular formula is C15H20O3S. The summed E-state index contributed by atoms with van der Waals surface area (Å²) in [4.78, 5) is 0. The lowest BCUT2D eigenvalue weighted by atomic mass is 10.2. The summed E-state index contributed by atoms with van der Waals surface area (Å²) >= 11 is 1.80. The van der Waals surface area contributed by atoms with Crippen molar-refractivity contribution in [3.8, 4) is 17.6 Å². The van der Waals surface area contributed by atoms with Gasteiger partial charge in [-0.1, -0.05) is 18.8 Å². The van der Waals surface area contributed by atoms with Gasteiger partial charge in [0.05, 0.1) is 6.61 Å². The maximum absolute atomic E-state index is 8.79. The molecule has 0 saturated carbocycles. The number of aliphatic hydroxyl groups is 2. The largest absolute Gasteiger partial charge is 0.493 e. The van der Waals surface area contributed by atoms with Crippen molar-refractivity contribution >= 4 is 11.8 Å². The van der Waals surface area contributed by atoms with E-state index in [4.69, 9.17) is 14.9 Å². The first-order chi connectivity index (χ1) is 9.26. The molecule has 1 rings (SSSR count). The Morgan fingerprint density at radius 3 is 2.63 bits per heavy atom. The van der Waals surface area contributed by atoms with Gasteiger partial charge in [-0.15, -0.1) is 0 Å². The number of hydrogen-bond donors (Lipinski definition) is 2. The minimum absolute atomic E-state index is 0.124. The summed E-state index contributed by atoms with van der Waals surface area (Å²) in [7, 11) is 0. The monoisotopic (exact) mass is 280 g/mol. The Labute approximate surface area is 119 Å². The van der Waals surface area contributed by atoms with Crippen LogP contribution < -0.4 is 4.74 Å². The minimum atomic E-state index is -0.124. The van der Waals surface area contributed by atoms with Gasteiger partial charge in [-0.3, -0.25) is 0 Å². The fraction of sp³-hybridized carbons (Fsp3) is 0.467. The molecule has 0 bridgehead atoms. The minimum Gasteiger partial charge on any atom is -0.493 e. The van der Waals surface area contributed by atoms with Gasteiger partial charge in [0.2, 0.25) is 0 Å². The summed E-state index contributed by atoms with van der Waals surface area (Å²) in [5.41, 5.74) is 0.868. The normalized spacial score (nSPS) is 11.5. The standard InChI is InChI=1S/C15H20O3S/c1-13(8-10-17)19-12-11-18-15-6-4-14(5-7-15)3-2-9-16/h4-7,13,16-17H,8-12H2,1H3. The Hall–Kier alpha value is -1.15. The molecule has 0 spiro atoms. The SMILES string of the molecule is CC(CCO)SCCOc1ccc(C#CCO)cc1. The van der Waals surface area contributed by atoms with E-state index in [1.54, 1.807) is 11.8 Å². The van der Waals surface area contributed by atoms with E-state index in [2.05, 4.69) is 18.8 Å². The molecule has 3 nitrogen and oxygen atoms in total. The zero-order chi connectivity index (χ0) is 13.9. The zero-order valence-corrected chi connectivity index (χ0v) is 11.9. The van der Waals surface area contributed by atoms with Crippen LogP contribution in [0.25, 0.3) is 0 Å². The van der Waals surface area contributed by atoms with Gasteiger partial charge >= 0.3 is 0 Å². The van der Waals surface area contributed by atoms with Gasteiger partial charge in [0.1, 0.15) is 12.4 Å². The Kier molecular flexibility index (Phi) is 8.15. The van der Waals surface area contributed by atoms with E-state index in [1.807, 2.05) is 24.3 Å². The van der Waals surface area contributed by atoms with E-state index < -0.39 is 0 Å². The fourth-order valence-electron chi connectivity index (χ4n) is 1.45. The second-order valence-corrected chi connectivity index (χ2v) is 5.57. The molecule has 0 heterocycles. The van der Waals surface area contributed by atoms with Crippen molar-refractivity contribution < 1.29 is 14.9 Å². The van der Waals surface area contributed by atoms with Crippen LogP contribution in [0, 0.1) is 11.8 Å². The van der Waals surface area contributed by atoms with E-state index in [-0.39, 0.29) is 13.2 Å². The summed E-state index contributed by atoms with van der Waals surface area (Å²) in [5, 5.41) is 17.8. The number of aliphatic hydroxyl groups excluding tert-OH is 2. The first-order valence-electron chi connectivity index (χ1n) is 6.31. The van der Waals surface area contributed by atoms with Gasteiger partial charge in [0.15, 0.2) is 0 Å². The average Bonchev–Trinajstić information content (AvgIpc) is 2.43. The molecule has 0 aliphatic heterocycles. The summed E-state index contributed by atoms with van der Waals surface area (Å²) in [6, 6.07) is 7.51. The molecule has 104 valence electrons. The quantitative estimate of drug-likeness (QED) is 0.592. The maximum Gasteiger partial charge on any atom is 0.119 e. The second kappa shape index (κ2) is 9.74. The van der Waals surface area contributed by atoms with Gasteiger partial charge < -0.3 is 14.9 Å². The Morgan fingerprint density at radius 2 is 2.00 bits per heavy atom. The molecule has 0 amide bonds. The summed E-state index contributed by atoms with van der Waals surface area (Å²) in [6.07, 6.45) is 0.822. The van der Waals surface area contributed by atoms with Crippen molar-refractivity contribution in [3.63, 3.8) is 0 Å². The van der Waals surface area contributed by atoms with Crippen LogP contribution in [0.2, 0.25) is 0 Å². The third-order valence-electron chi connectivity index (χ3n) is 2.46. The van der Waals surface area contributed by atoms with E-state index in [0.717, 1.165) is 23.5 Å². The molecule has 1 atom stereocenters. The molecule has 1 unspecified atom stereocenters. The van der Waals surface area contributed by atoms with Crippen LogP contribution in [0.1, 0.15) is 18.9 Å². The number of rotatable bonds is 7. The molecule has 1 aromatic rings. The molecule has 4 heteroatoms. The Morgan fingerprint density at radius 1 is 1.26 bits per heavy atom. The predicted octanol–water partition coefficient (Wildman–Crippen LogP) is 1.91. The van der Waals surface area contributed by atoms with E-state index in [1.165, 1.54) is 0 Å². The summed E-state index contributed by atoms with van der Waals surface area (Å²) < 4.78 is 5.61. The van der Waals surface area contributed by atoms with Crippen LogP contribution >= 0.6 is 11.8 Å². The van der Waals surface area contributed by atoms with Crippen molar-refractivity contribution in [2.75, 3.05) is 25.6 Å². The molecule has 19 heavy (non-hydrogen) atoms. The number of thioether (sulfide) groups is 1. The molecule has 0 aliphatic carbocycles. The highest BCUT2D eigenvalue weighted by Gasteiger charge is 2.01. The number of ether oxygens (including phenoxy) is 1. The van der Waals surface area contributed by atoms with Crippen LogP contribution in [-0.4, -0.2) is 41.0 Å². The predicted molar refractivity (Wildman–Crippen MR) is 79.5 cm³/mol. The van der Waals surface area contributed by atoms with Crippen LogP contribution in [0.15, 0.2) is 24.3 Å². The van der Waals surface area contributed by atoms with Gasteiger partial charge in [0, 0.05) is 23.2 Å². The average molecular weight is 280 g/mol. The van der Waals surface area contributed by atoms with E-state index in [0.29, 0.717) is 11.9 Å². The second-order valence-electron chi connectivity index (χ2n) is 4.03. The number of benzene rings is 1. The molecule has 0 aromatic heterocycles. The fourth-order valence-corrected chi connectivity index (χ4v) is 2.30. The smallest absolute Gasteiger partial charge is 0.119 e. The van der Waals surface area contributed by atoms with Crippen LogP contribution in [-0.2, 0) is 0 Å². The van der Waals surface area contributed by atoms with Gasteiger partial charge in [-0.2, -0.15) is 11.8 Å². The van der Waals surface area contributed by atoms with Crippen molar-refractivity contribution in [3.05, 3.63) is 29.8 Å². The van der Waals surface area contributed by atoms with Gasteiger partial charge in [-0.25, -0.2) is 0 Å². The molecule has 0 saturated heterocycles. The highest BCUT2D eigenvalue weighted by molar-refractivity contribution is 7.99. The van der Waals surface area contributed by atoms with Gasteiger partial charge in [0.25, 0.3) is 0 Å². The molecule has 1 aromatic carbocycles. The van der Waals surface area contributed by atoms with Crippen LogP contribution in [0.5, 0.6) is 5.75 Å². The highest BCUT2D eigenvalue weighted by atomic mass is 32.2. The van der Waals surface area contributed by atoms with Crippen molar-refractivity contribution in [1.29, 1.82) is 0 Å². The zero-order valence-electron chi connectivity index (χ0n) is 11.1. The van der Waals surface area contributed by atoms with Crippen molar-refractivity contribution in [2.45, 2.75) is 18.6 Å². The van der Waals surface area contributed by atoms with Crippen molar-refractivity contribution in [1.82, 2.24) is 0 Å². The lowest BCUT2D eigenvalue weighted by molar-refractivity contribution is 0.288. The number of hydrogen-bond acceptors (Lipinski definition) is 4. The molecule has 2 N–H and O–H groups in total. The third-order valence-corrected chi connectivity index (χ3v) is 3.66. The first kappa shape index (κ1) is 15.9. The molecule has 0 radical (unpaired) electrons. The van der Waals surface area contributed by atoms with Crippen molar-refractivity contribution in [2.24, 2.45) is 0 Å². The third kappa shape index (κ3) is 7.12. The summed E-state index contributed by atoms with van der Waals surface area (Å²) in [5.74, 6) is 7.17. The Balaban J connectivity index is 2.26. The van der Waals surface area contributed by atoms with Crippen LogP contribution in [0.4, 0.5) is 0 Å². The Bertz CT molecular complexity index is 406. The summed E-state index contributed by atoms with van der Waals surface area (Å²) in [6.45, 7) is 2.88. The lowest BCUT2D eigenvalue weighted by Gasteiger charge is -2.10. The highest BCUT2D eigenvalue weighted by Crippen LogP contribution is 2.15.